The lowest BCUT2D eigenvalue weighted by atomic mass is 10.1. The number of hydrogen-bond acceptors (Lipinski definition) is 4. The van der Waals surface area contributed by atoms with Gasteiger partial charge in [-0.2, -0.15) is 0 Å². The van der Waals surface area contributed by atoms with E-state index < -0.39 is 5.97 Å². The number of ether oxygens (including phenoxy) is 1. The van der Waals surface area contributed by atoms with E-state index in [0.717, 1.165) is 57.7 Å². The van der Waals surface area contributed by atoms with Gasteiger partial charge in [0.05, 0.1) is 13.2 Å². The van der Waals surface area contributed by atoms with Gasteiger partial charge in [-0.1, -0.05) is 18.2 Å². The smallest absolute Gasteiger partial charge is 0.317 e. The largest absolute Gasteiger partial charge is 0.494 e. The second-order valence-electron chi connectivity index (χ2n) is 6.96. The maximum absolute atomic E-state index is 10.9. The van der Waals surface area contributed by atoms with Gasteiger partial charge in [0.25, 0.3) is 0 Å². The summed E-state index contributed by atoms with van der Waals surface area (Å²) in [6.07, 6.45) is 6.81. The fourth-order valence-corrected chi connectivity index (χ4v) is 3.47. The molecule has 0 saturated carbocycles. The molecule has 1 fully saturated rings. The summed E-state index contributed by atoms with van der Waals surface area (Å²) in [6.45, 7) is 4.28. The molecule has 0 amide bonds. The van der Waals surface area contributed by atoms with Gasteiger partial charge >= 0.3 is 5.97 Å². The molecule has 0 spiro atoms. The van der Waals surface area contributed by atoms with E-state index in [2.05, 4.69) is 4.90 Å². The Bertz CT molecular complexity index is 495. The van der Waals surface area contributed by atoms with E-state index in [1.807, 2.05) is 42.3 Å². The molecule has 0 aliphatic carbocycles. The highest BCUT2D eigenvalue weighted by Crippen LogP contribution is 2.16. The third-order valence-electron chi connectivity index (χ3n) is 4.93. The highest BCUT2D eigenvalue weighted by atomic mass is 16.5. The third kappa shape index (κ3) is 7.88. The van der Waals surface area contributed by atoms with Crippen molar-refractivity contribution in [2.45, 2.75) is 44.6 Å². The van der Waals surface area contributed by atoms with Gasteiger partial charge in [-0.3, -0.25) is 9.69 Å². The van der Waals surface area contributed by atoms with Crippen molar-refractivity contribution in [3.63, 3.8) is 0 Å². The van der Waals surface area contributed by atoms with Crippen LogP contribution in [0.2, 0.25) is 0 Å². The molecular formula is C20H32N2O3. The molecule has 1 saturated heterocycles. The number of carboxylic acid groups (broad SMARTS) is 1. The molecule has 0 radical (unpaired) electrons. The Hall–Kier alpha value is -1.59. The Balaban J connectivity index is 1.55. The van der Waals surface area contributed by atoms with E-state index in [9.17, 15) is 4.79 Å². The lowest BCUT2D eigenvalue weighted by molar-refractivity contribution is -0.138. The fourth-order valence-electron chi connectivity index (χ4n) is 3.47. The summed E-state index contributed by atoms with van der Waals surface area (Å²) in [5.41, 5.74) is 0. The molecule has 1 heterocycles. The van der Waals surface area contributed by atoms with Crippen LogP contribution in [0.5, 0.6) is 5.75 Å². The van der Waals surface area contributed by atoms with Crippen LogP contribution in [0, 0.1) is 0 Å². The van der Waals surface area contributed by atoms with Crippen LogP contribution in [0.4, 0.5) is 0 Å². The maximum atomic E-state index is 10.9. The minimum absolute atomic E-state index is 0.145. The predicted octanol–water partition coefficient (Wildman–Crippen LogP) is 3.11. The summed E-state index contributed by atoms with van der Waals surface area (Å²) >= 11 is 0. The Labute approximate surface area is 151 Å². The Kier molecular flexibility index (Phi) is 8.77. The molecule has 5 heteroatoms. The standard InChI is InChI=1S/C20H32N2O3/c1-21(17-20(23)24)18-9-8-14-22(15-12-18)13-6-3-7-16-25-19-10-4-2-5-11-19/h2,4-5,10-11,18H,3,6-9,12-17H2,1H3,(H,23,24). The molecular weight excluding hydrogens is 316 g/mol. The van der Waals surface area contributed by atoms with Crippen molar-refractivity contribution in [2.24, 2.45) is 0 Å². The Morgan fingerprint density at radius 1 is 1.20 bits per heavy atom. The van der Waals surface area contributed by atoms with Crippen LogP contribution in [-0.4, -0.2) is 66.8 Å². The van der Waals surface area contributed by atoms with Crippen LogP contribution in [0.25, 0.3) is 0 Å². The number of carbonyl (C=O) groups is 1. The van der Waals surface area contributed by atoms with Gasteiger partial charge in [-0.25, -0.2) is 0 Å². The molecule has 0 bridgehead atoms. The number of likely N-dealkylation sites (N-methyl/N-ethyl adjacent to an activating group) is 1. The van der Waals surface area contributed by atoms with Gasteiger partial charge in [-0.05, 0) is 77.3 Å². The fraction of sp³-hybridized carbons (Fsp3) is 0.650. The van der Waals surface area contributed by atoms with E-state index >= 15 is 0 Å². The predicted molar refractivity (Wildman–Crippen MR) is 100 cm³/mol. The molecule has 1 aliphatic heterocycles. The van der Waals surface area contributed by atoms with Crippen LogP contribution < -0.4 is 4.74 Å². The normalized spacial score (nSPS) is 18.9. The lowest BCUT2D eigenvalue weighted by Gasteiger charge is -2.25. The van der Waals surface area contributed by atoms with Crippen molar-refractivity contribution in [3.8, 4) is 5.75 Å². The van der Waals surface area contributed by atoms with E-state index in [-0.39, 0.29) is 6.54 Å². The second kappa shape index (κ2) is 11.1. The van der Waals surface area contributed by atoms with E-state index in [1.54, 1.807) is 0 Å². The topological polar surface area (TPSA) is 53.0 Å². The minimum Gasteiger partial charge on any atom is -0.494 e. The summed E-state index contributed by atoms with van der Waals surface area (Å²) in [6, 6.07) is 10.4. The number of rotatable bonds is 10. The first-order valence-corrected chi connectivity index (χ1v) is 9.47. The van der Waals surface area contributed by atoms with Gasteiger partial charge in [0, 0.05) is 6.04 Å². The zero-order valence-corrected chi connectivity index (χ0v) is 15.4. The minimum atomic E-state index is -0.735. The molecule has 1 aromatic carbocycles. The van der Waals surface area contributed by atoms with Gasteiger partial charge in [0.1, 0.15) is 5.75 Å². The summed E-state index contributed by atoms with van der Waals surface area (Å²) in [5, 5.41) is 8.93. The average Bonchev–Trinajstić information content (AvgIpc) is 2.84. The van der Waals surface area contributed by atoms with Crippen LogP contribution in [0.1, 0.15) is 38.5 Å². The second-order valence-corrected chi connectivity index (χ2v) is 6.96. The van der Waals surface area contributed by atoms with Gasteiger partial charge < -0.3 is 14.7 Å². The number of aliphatic carboxylic acids is 1. The highest BCUT2D eigenvalue weighted by molar-refractivity contribution is 5.69. The molecule has 1 aliphatic rings. The highest BCUT2D eigenvalue weighted by Gasteiger charge is 2.21. The molecule has 0 aromatic heterocycles. The molecule has 1 unspecified atom stereocenters. The van der Waals surface area contributed by atoms with Crippen LogP contribution in [0.15, 0.2) is 30.3 Å². The number of benzene rings is 1. The van der Waals surface area contributed by atoms with Crippen molar-refractivity contribution < 1.29 is 14.6 Å². The monoisotopic (exact) mass is 348 g/mol. The third-order valence-corrected chi connectivity index (χ3v) is 4.93. The average molecular weight is 348 g/mol. The van der Waals surface area contributed by atoms with Crippen molar-refractivity contribution in [1.82, 2.24) is 9.80 Å². The number of hydrogen-bond donors (Lipinski definition) is 1. The van der Waals surface area contributed by atoms with Gasteiger partial charge in [0.15, 0.2) is 0 Å². The molecule has 2 rings (SSSR count). The van der Waals surface area contributed by atoms with Crippen molar-refractivity contribution in [1.29, 1.82) is 0 Å². The molecule has 25 heavy (non-hydrogen) atoms. The molecule has 1 atom stereocenters. The molecule has 5 nitrogen and oxygen atoms in total. The summed E-state index contributed by atoms with van der Waals surface area (Å²) in [5.74, 6) is 0.216. The lowest BCUT2D eigenvalue weighted by Crippen LogP contribution is -2.36. The summed E-state index contributed by atoms with van der Waals surface area (Å²) in [4.78, 5) is 15.4. The zero-order valence-electron chi connectivity index (χ0n) is 15.4. The number of carboxylic acids is 1. The summed E-state index contributed by atoms with van der Waals surface area (Å²) in [7, 11) is 1.93. The van der Waals surface area contributed by atoms with E-state index in [1.165, 1.54) is 12.8 Å². The van der Waals surface area contributed by atoms with Crippen LogP contribution >= 0.6 is 0 Å². The van der Waals surface area contributed by atoms with Crippen LogP contribution in [-0.2, 0) is 4.79 Å². The molecule has 140 valence electrons. The first-order chi connectivity index (χ1) is 12.1. The van der Waals surface area contributed by atoms with Crippen LogP contribution in [0.3, 0.4) is 0 Å². The SMILES string of the molecule is CN(CC(=O)O)C1CCCN(CCCCCOc2ccccc2)CC1. The summed E-state index contributed by atoms with van der Waals surface area (Å²) < 4.78 is 5.72. The van der Waals surface area contributed by atoms with Gasteiger partial charge in [0.2, 0.25) is 0 Å². The Morgan fingerprint density at radius 3 is 2.76 bits per heavy atom. The Morgan fingerprint density at radius 2 is 2.00 bits per heavy atom. The van der Waals surface area contributed by atoms with Crippen molar-refractivity contribution in [3.05, 3.63) is 30.3 Å². The molecule has 1 N–H and O–H groups in total. The zero-order chi connectivity index (χ0) is 17.9. The first kappa shape index (κ1) is 19.7. The number of para-hydroxylation sites is 1. The number of nitrogens with zero attached hydrogens (tertiary/aromatic N) is 2. The van der Waals surface area contributed by atoms with Crippen molar-refractivity contribution >= 4 is 5.97 Å². The van der Waals surface area contributed by atoms with Gasteiger partial charge in [-0.15, -0.1) is 0 Å². The van der Waals surface area contributed by atoms with E-state index in [4.69, 9.17) is 9.84 Å². The first-order valence-electron chi connectivity index (χ1n) is 9.47. The van der Waals surface area contributed by atoms with E-state index in [0.29, 0.717) is 6.04 Å². The van der Waals surface area contributed by atoms with Crippen molar-refractivity contribution in [2.75, 3.05) is 39.8 Å². The maximum Gasteiger partial charge on any atom is 0.317 e. The number of likely N-dealkylation sites (tertiary alicyclic amines) is 1. The molecule has 1 aromatic rings. The quantitative estimate of drug-likeness (QED) is 0.659. The number of unbranched alkanes of at least 4 members (excludes halogenated alkanes) is 2.